The van der Waals surface area contributed by atoms with E-state index in [1.165, 1.54) is 21.2 Å². The first kappa shape index (κ1) is 16.3. The largest absolute Gasteiger partial charge is 0.303 e. The van der Waals surface area contributed by atoms with Gasteiger partial charge in [0, 0.05) is 16.6 Å². The fourth-order valence-electron chi connectivity index (χ4n) is 2.65. The van der Waals surface area contributed by atoms with Crippen molar-refractivity contribution in [3.8, 4) is 0 Å². The quantitative estimate of drug-likeness (QED) is 0.696. The lowest BCUT2D eigenvalue weighted by Gasteiger charge is -2.24. The molecule has 0 amide bonds. The van der Waals surface area contributed by atoms with Crippen LogP contribution in [0.25, 0.3) is 0 Å². The van der Waals surface area contributed by atoms with E-state index < -0.39 is 0 Å². The van der Waals surface area contributed by atoms with Crippen molar-refractivity contribution in [2.75, 3.05) is 0 Å². The van der Waals surface area contributed by atoms with E-state index in [0.29, 0.717) is 12.1 Å². The highest BCUT2D eigenvalue weighted by Crippen LogP contribution is 2.27. The summed E-state index contributed by atoms with van der Waals surface area (Å²) >= 11 is 3.64. The smallest absolute Gasteiger partial charge is 0.0323 e. The average molecular weight is 346 g/mol. The molecule has 0 fully saturated rings. The predicted octanol–water partition coefficient (Wildman–Crippen LogP) is 5.81. The Labute approximate surface area is 136 Å². The van der Waals surface area contributed by atoms with Gasteiger partial charge in [-0.05, 0) is 42.5 Å². The lowest BCUT2D eigenvalue weighted by atomic mass is 9.99. The minimum absolute atomic E-state index is 0.316. The Morgan fingerprint density at radius 2 is 1.67 bits per heavy atom. The molecule has 0 radical (unpaired) electrons. The van der Waals surface area contributed by atoms with Gasteiger partial charge in [0.1, 0.15) is 0 Å². The average Bonchev–Trinajstić information content (AvgIpc) is 2.53. The highest BCUT2D eigenvalue weighted by molar-refractivity contribution is 9.10. The van der Waals surface area contributed by atoms with E-state index in [-0.39, 0.29) is 0 Å². The lowest BCUT2D eigenvalue weighted by molar-refractivity contribution is 0.455. The first-order chi connectivity index (χ1) is 10.2. The molecule has 0 saturated carbocycles. The molecule has 0 spiro atoms. The molecule has 2 atom stereocenters. The minimum Gasteiger partial charge on any atom is -0.303 e. The van der Waals surface area contributed by atoms with E-state index in [2.05, 4.69) is 90.5 Å². The summed E-state index contributed by atoms with van der Waals surface area (Å²) in [6, 6.07) is 18.1. The number of halogens is 1. The number of hydrogen-bond acceptors (Lipinski definition) is 1. The molecular weight excluding hydrogens is 322 g/mol. The van der Waals surface area contributed by atoms with Gasteiger partial charge in [-0.25, -0.2) is 0 Å². The van der Waals surface area contributed by atoms with Gasteiger partial charge < -0.3 is 5.32 Å². The maximum Gasteiger partial charge on any atom is 0.0323 e. The highest BCUT2D eigenvalue weighted by Gasteiger charge is 2.15. The third kappa shape index (κ3) is 4.18. The SMILES string of the molecule is CCc1ccc(C(CC)NC(C)c2ccccc2Br)cc1. The number of nitrogens with one attached hydrogen (secondary N) is 1. The van der Waals surface area contributed by atoms with Crippen LogP contribution in [0.2, 0.25) is 0 Å². The van der Waals surface area contributed by atoms with E-state index in [4.69, 9.17) is 0 Å². The van der Waals surface area contributed by atoms with Crippen LogP contribution in [0, 0.1) is 0 Å². The van der Waals surface area contributed by atoms with Gasteiger partial charge in [0.15, 0.2) is 0 Å². The van der Waals surface area contributed by atoms with E-state index in [9.17, 15) is 0 Å². The van der Waals surface area contributed by atoms with E-state index in [0.717, 1.165) is 12.8 Å². The summed E-state index contributed by atoms with van der Waals surface area (Å²) in [6.07, 6.45) is 2.18. The fourth-order valence-corrected chi connectivity index (χ4v) is 3.28. The second-order valence-electron chi connectivity index (χ2n) is 5.47. The number of aryl methyl sites for hydroxylation is 1. The molecule has 1 N–H and O–H groups in total. The van der Waals surface area contributed by atoms with Crippen molar-refractivity contribution in [3.05, 3.63) is 69.7 Å². The molecule has 0 aliphatic rings. The first-order valence-corrected chi connectivity index (χ1v) is 8.54. The van der Waals surface area contributed by atoms with Gasteiger partial charge in [0.05, 0.1) is 0 Å². The lowest BCUT2D eigenvalue weighted by Crippen LogP contribution is -2.24. The maximum atomic E-state index is 3.75. The zero-order chi connectivity index (χ0) is 15.2. The monoisotopic (exact) mass is 345 g/mol. The minimum atomic E-state index is 0.316. The van der Waals surface area contributed by atoms with Crippen LogP contribution in [-0.4, -0.2) is 0 Å². The Kier molecular flexibility index (Phi) is 6.01. The second-order valence-corrected chi connectivity index (χ2v) is 6.32. The summed E-state index contributed by atoms with van der Waals surface area (Å²) in [6.45, 7) is 6.65. The topological polar surface area (TPSA) is 12.0 Å². The van der Waals surface area contributed by atoms with Crippen LogP contribution in [0.5, 0.6) is 0 Å². The maximum absolute atomic E-state index is 3.75. The van der Waals surface area contributed by atoms with Crippen molar-refractivity contribution in [3.63, 3.8) is 0 Å². The molecule has 0 saturated heterocycles. The normalized spacial score (nSPS) is 13.9. The van der Waals surface area contributed by atoms with E-state index >= 15 is 0 Å². The molecule has 0 aliphatic heterocycles. The molecule has 1 nitrogen and oxygen atoms in total. The van der Waals surface area contributed by atoms with Gasteiger partial charge >= 0.3 is 0 Å². The predicted molar refractivity (Wildman–Crippen MR) is 94.5 cm³/mol. The third-order valence-electron chi connectivity index (χ3n) is 4.02. The van der Waals surface area contributed by atoms with Gasteiger partial charge in [-0.3, -0.25) is 0 Å². The molecule has 2 unspecified atom stereocenters. The van der Waals surface area contributed by atoms with Crippen LogP contribution in [0.4, 0.5) is 0 Å². The molecule has 2 aromatic carbocycles. The van der Waals surface area contributed by atoms with Crippen LogP contribution in [0.1, 0.15) is 56.0 Å². The van der Waals surface area contributed by atoms with Gasteiger partial charge in [0.2, 0.25) is 0 Å². The van der Waals surface area contributed by atoms with Gasteiger partial charge in [-0.1, -0.05) is 72.2 Å². The fraction of sp³-hybridized carbons (Fsp3) is 0.368. The Bertz CT molecular complexity index is 562. The number of hydrogen-bond donors (Lipinski definition) is 1. The Morgan fingerprint density at radius 1 is 1.00 bits per heavy atom. The highest BCUT2D eigenvalue weighted by atomic mass is 79.9. The van der Waals surface area contributed by atoms with Crippen molar-refractivity contribution in [2.24, 2.45) is 0 Å². The van der Waals surface area contributed by atoms with Crippen molar-refractivity contribution < 1.29 is 0 Å². The standard InChI is InChI=1S/C19H24BrN/c1-4-15-10-12-16(13-11-15)19(5-2)21-14(3)17-8-6-7-9-18(17)20/h6-14,19,21H,4-5H2,1-3H3. The Balaban J connectivity index is 2.13. The van der Waals surface area contributed by atoms with Crippen LogP contribution < -0.4 is 5.32 Å². The Hall–Kier alpha value is -1.12. The van der Waals surface area contributed by atoms with Gasteiger partial charge in [-0.15, -0.1) is 0 Å². The summed E-state index contributed by atoms with van der Waals surface area (Å²) in [7, 11) is 0. The third-order valence-corrected chi connectivity index (χ3v) is 4.74. The second kappa shape index (κ2) is 7.77. The van der Waals surface area contributed by atoms with Crippen LogP contribution in [-0.2, 0) is 6.42 Å². The molecule has 0 aliphatic carbocycles. The molecule has 2 aromatic rings. The van der Waals surface area contributed by atoms with Crippen LogP contribution in [0.15, 0.2) is 53.0 Å². The van der Waals surface area contributed by atoms with Crippen LogP contribution in [0.3, 0.4) is 0 Å². The molecule has 0 aromatic heterocycles. The molecule has 0 bridgehead atoms. The van der Waals surface area contributed by atoms with Gasteiger partial charge in [0.25, 0.3) is 0 Å². The van der Waals surface area contributed by atoms with Crippen molar-refractivity contribution >= 4 is 15.9 Å². The van der Waals surface area contributed by atoms with Crippen molar-refractivity contribution in [2.45, 2.75) is 45.7 Å². The van der Waals surface area contributed by atoms with E-state index in [1.807, 2.05) is 0 Å². The molecule has 2 heteroatoms. The summed E-state index contributed by atoms with van der Waals surface area (Å²) in [5, 5.41) is 3.75. The molecule has 0 heterocycles. The van der Waals surface area contributed by atoms with E-state index in [1.54, 1.807) is 0 Å². The Morgan fingerprint density at radius 3 is 2.24 bits per heavy atom. The van der Waals surface area contributed by atoms with Crippen LogP contribution >= 0.6 is 15.9 Å². The number of benzene rings is 2. The molecular formula is C19H24BrN. The van der Waals surface area contributed by atoms with Crippen molar-refractivity contribution in [1.29, 1.82) is 0 Å². The molecule has 2 rings (SSSR count). The summed E-state index contributed by atoms with van der Waals surface area (Å²) in [4.78, 5) is 0. The molecule has 112 valence electrons. The summed E-state index contributed by atoms with van der Waals surface area (Å²) < 4.78 is 1.17. The first-order valence-electron chi connectivity index (χ1n) is 7.75. The zero-order valence-electron chi connectivity index (χ0n) is 13.1. The summed E-state index contributed by atoms with van der Waals surface area (Å²) in [5.41, 5.74) is 4.07. The molecule has 21 heavy (non-hydrogen) atoms. The zero-order valence-corrected chi connectivity index (χ0v) is 14.7. The van der Waals surface area contributed by atoms with Gasteiger partial charge in [-0.2, -0.15) is 0 Å². The number of rotatable bonds is 6. The summed E-state index contributed by atoms with van der Waals surface area (Å²) in [5.74, 6) is 0. The van der Waals surface area contributed by atoms with Crippen molar-refractivity contribution in [1.82, 2.24) is 5.32 Å².